The van der Waals surface area contributed by atoms with E-state index in [-0.39, 0.29) is 17.5 Å². The number of carbonyl (C=O) groups excluding carboxylic acids is 1. The van der Waals surface area contributed by atoms with E-state index in [1.807, 2.05) is 19.1 Å². The summed E-state index contributed by atoms with van der Waals surface area (Å²) in [5, 5.41) is 2.99. The molecule has 2 fully saturated rings. The molecule has 0 bridgehead atoms. The number of hydrogen-bond acceptors (Lipinski definition) is 6. The Balaban J connectivity index is 1.77. The van der Waals surface area contributed by atoms with Gasteiger partial charge in [-0.3, -0.25) is 18.9 Å². The molecule has 1 aliphatic heterocycles. The van der Waals surface area contributed by atoms with Crippen molar-refractivity contribution in [1.82, 2.24) is 14.3 Å². The van der Waals surface area contributed by atoms with Crippen molar-refractivity contribution >= 4 is 51.7 Å². The molecule has 3 heterocycles. The minimum Gasteiger partial charge on any atom is -0.372 e. The van der Waals surface area contributed by atoms with Crippen LogP contribution in [0.1, 0.15) is 43.2 Å². The second kappa shape index (κ2) is 7.67. The first kappa shape index (κ1) is 19.1. The smallest absolute Gasteiger partial charge is 0.267 e. The molecule has 0 atom stereocenters. The van der Waals surface area contributed by atoms with Gasteiger partial charge in [-0.1, -0.05) is 49.3 Å². The fraction of sp³-hybridized carbons (Fsp3) is 0.400. The van der Waals surface area contributed by atoms with Crippen LogP contribution in [0.25, 0.3) is 11.7 Å². The first-order valence-electron chi connectivity index (χ1n) is 9.48. The van der Waals surface area contributed by atoms with Crippen LogP contribution in [0.5, 0.6) is 0 Å². The number of carbonyl (C=O) groups is 1. The SMILES string of the molecule is CNc1nc2c(C)cccn2c(=O)c1C=C1SC(=S)N(C2CCCCC2)C1=O. The van der Waals surface area contributed by atoms with Gasteiger partial charge in [-0.15, -0.1) is 0 Å². The van der Waals surface area contributed by atoms with Crippen molar-refractivity contribution in [2.24, 2.45) is 0 Å². The van der Waals surface area contributed by atoms with Crippen molar-refractivity contribution in [3.05, 3.63) is 44.7 Å². The number of nitrogens with zero attached hydrogens (tertiary/aromatic N) is 3. The normalized spacial score (nSPS) is 19.8. The average Bonchev–Trinajstić information content (AvgIpc) is 2.98. The van der Waals surface area contributed by atoms with Crippen molar-refractivity contribution < 1.29 is 4.79 Å². The molecule has 1 amide bonds. The number of thiocarbonyl (C=S) groups is 1. The molecular formula is C20H22N4O2S2. The van der Waals surface area contributed by atoms with Crippen LogP contribution in [0.15, 0.2) is 28.0 Å². The predicted molar refractivity (Wildman–Crippen MR) is 118 cm³/mol. The van der Waals surface area contributed by atoms with Gasteiger partial charge in [-0.05, 0) is 37.5 Å². The third-order valence-electron chi connectivity index (χ3n) is 5.36. The van der Waals surface area contributed by atoms with Crippen LogP contribution in [0.3, 0.4) is 0 Å². The Hall–Kier alpha value is -2.19. The summed E-state index contributed by atoms with van der Waals surface area (Å²) < 4.78 is 2.10. The Bertz CT molecular complexity index is 1050. The summed E-state index contributed by atoms with van der Waals surface area (Å²) in [5.41, 5.74) is 1.67. The molecule has 1 saturated heterocycles. The minimum atomic E-state index is -0.207. The molecule has 0 aromatic carbocycles. The number of rotatable bonds is 3. The second-order valence-electron chi connectivity index (χ2n) is 7.16. The Morgan fingerprint density at radius 1 is 1.29 bits per heavy atom. The van der Waals surface area contributed by atoms with Crippen LogP contribution in [-0.4, -0.2) is 37.6 Å². The van der Waals surface area contributed by atoms with Gasteiger partial charge in [-0.25, -0.2) is 4.98 Å². The zero-order valence-electron chi connectivity index (χ0n) is 15.9. The Morgan fingerprint density at radius 2 is 2.04 bits per heavy atom. The maximum atomic E-state index is 13.1. The summed E-state index contributed by atoms with van der Waals surface area (Å²) in [5.74, 6) is 0.361. The highest BCUT2D eigenvalue weighted by molar-refractivity contribution is 8.26. The van der Waals surface area contributed by atoms with Gasteiger partial charge in [0.25, 0.3) is 11.5 Å². The van der Waals surface area contributed by atoms with Crippen LogP contribution in [0.4, 0.5) is 5.82 Å². The van der Waals surface area contributed by atoms with Gasteiger partial charge in [-0.2, -0.15) is 0 Å². The molecule has 6 nitrogen and oxygen atoms in total. The van der Waals surface area contributed by atoms with Gasteiger partial charge in [0.1, 0.15) is 15.8 Å². The van der Waals surface area contributed by atoms with Crippen molar-refractivity contribution in [2.75, 3.05) is 12.4 Å². The van der Waals surface area contributed by atoms with Crippen LogP contribution in [0.2, 0.25) is 0 Å². The third kappa shape index (κ3) is 3.24. The van der Waals surface area contributed by atoms with Crippen molar-refractivity contribution in [2.45, 2.75) is 45.1 Å². The quantitative estimate of drug-likeness (QED) is 0.612. The number of pyridine rings is 1. The van der Waals surface area contributed by atoms with E-state index in [9.17, 15) is 9.59 Å². The van der Waals surface area contributed by atoms with Gasteiger partial charge in [0.2, 0.25) is 0 Å². The summed E-state index contributed by atoms with van der Waals surface area (Å²) in [6.07, 6.45) is 8.77. The Kier molecular flexibility index (Phi) is 5.25. The lowest BCUT2D eigenvalue weighted by atomic mass is 9.94. The number of nitrogens with one attached hydrogen (secondary N) is 1. The molecular weight excluding hydrogens is 392 g/mol. The first-order valence-corrected chi connectivity index (χ1v) is 10.7. The molecule has 2 aliphatic rings. The molecule has 8 heteroatoms. The summed E-state index contributed by atoms with van der Waals surface area (Å²) in [4.78, 5) is 33.0. The average molecular weight is 415 g/mol. The van der Waals surface area contributed by atoms with E-state index in [2.05, 4.69) is 10.3 Å². The van der Waals surface area contributed by atoms with Crippen LogP contribution in [0, 0.1) is 6.92 Å². The zero-order valence-corrected chi connectivity index (χ0v) is 17.5. The van der Waals surface area contributed by atoms with E-state index in [0.29, 0.717) is 26.3 Å². The maximum absolute atomic E-state index is 13.1. The summed E-state index contributed by atoms with van der Waals surface area (Å²) >= 11 is 6.76. The molecule has 2 aromatic heterocycles. The van der Waals surface area contributed by atoms with Crippen LogP contribution < -0.4 is 10.9 Å². The highest BCUT2D eigenvalue weighted by atomic mass is 32.2. The molecule has 0 unspecified atom stereocenters. The lowest BCUT2D eigenvalue weighted by Crippen LogP contribution is -2.39. The second-order valence-corrected chi connectivity index (χ2v) is 8.83. The lowest BCUT2D eigenvalue weighted by Gasteiger charge is -2.29. The number of hydrogen-bond donors (Lipinski definition) is 1. The highest BCUT2D eigenvalue weighted by Gasteiger charge is 2.37. The summed E-state index contributed by atoms with van der Waals surface area (Å²) in [6.45, 7) is 1.91. The number of aryl methyl sites for hydroxylation is 1. The van der Waals surface area contributed by atoms with E-state index >= 15 is 0 Å². The molecule has 2 aromatic rings. The molecule has 1 saturated carbocycles. The number of amides is 1. The molecule has 4 rings (SSSR count). The molecule has 146 valence electrons. The standard InChI is InChI=1S/C20H22N4O2S2/c1-12-7-6-10-23-17(12)22-16(21-2)14(18(23)25)11-15-19(26)24(20(27)28-15)13-8-4-3-5-9-13/h6-7,10-11,13,21H,3-5,8-9H2,1-2H3. The van der Waals surface area contributed by atoms with Gasteiger partial charge < -0.3 is 5.32 Å². The topological polar surface area (TPSA) is 66.7 Å². The fourth-order valence-corrected chi connectivity index (χ4v) is 5.28. The monoisotopic (exact) mass is 414 g/mol. The number of aromatic nitrogens is 2. The number of fused-ring (bicyclic) bond motifs is 1. The van der Waals surface area contributed by atoms with Gasteiger partial charge >= 0.3 is 0 Å². The van der Waals surface area contributed by atoms with E-state index in [1.165, 1.54) is 22.6 Å². The minimum absolute atomic E-state index is 0.0994. The summed E-state index contributed by atoms with van der Waals surface area (Å²) in [7, 11) is 1.72. The van der Waals surface area contributed by atoms with Crippen LogP contribution in [-0.2, 0) is 4.79 Å². The third-order valence-corrected chi connectivity index (χ3v) is 6.69. The number of anilines is 1. The molecule has 28 heavy (non-hydrogen) atoms. The fourth-order valence-electron chi connectivity index (χ4n) is 3.90. The molecule has 1 N–H and O–H groups in total. The molecule has 1 aliphatic carbocycles. The lowest BCUT2D eigenvalue weighted by molar-refractivity contribution is -0.124. The highest BCUT2D eigenvalue weighted by Crippen LogP contribution is 2.37. The largest absolute Gasteiger partial charge is 0.372 e. The molecule has 0 radical (unpaired) electrons. The zero-order chi connectivity index (χ0) is 19.8. The van der Waals surface area contributed by atoms with E-state index < -0.39 is 0 Å². The predicted octanol–water partition coefficient (Wildman–Crippen LogP) is 3.58. The summed E-state index contributed by atoms with van der Waals surface area (Å²) in [6, 6.07) is 3.90. The van der Waals surface area contributed by atoms with Gasteiger partial charge in [0, 0.05) is 19.3 Å². The Morgan fingerprint density at radius 3 is 2.75 bits per heavy atom. The first-order chi connectivity index (χ1) is 13.5. The van der Waals surface area contributed by atoms with Crippen molar-refractivity contribution in [1.29, 1.82) is 0 Å². The maximum Gasteiger partial charge on any atom is 0.267 e. The van der Waals surface area contributed by atoms with Crippen molar-refractivity contribution in [3.63, 3.8) is 0 Å². The Labute approximate surface area is 173 Å². The molecule has 0 spiro atoms. The number of thioether (sulfide) groups is 1. The van der Waals surface area contributed by atoms with Gasteiger partial charge in [0.05, 0.1) is 10.5 Å². The van der Waals surface area contributed by atoms with E-state index in [0.717, 1.165) is 31.2 Å². The van der Waals surface area contributed by atoms with Gasteiger partial charge in [0.15, 0.2) is 0 Å². The van der Waals surface area contributed by atoms with E-state index in [1.54, 1.807) is 24.2 Å². The van der Waals surface area contributed by atoms with Crippen molar-refractivity contribution in [3.8, 4) is 0 Å². The van der Waals surface area contributed by atoms with Crippen LogP contribution >= 0.6 is 24.0 Å². The van der Waals surface area contributed by atoms with E-state index in [4.69, 9.17) is 12.2 Å².